The summed E-state index contributed by atoms with van der Waals surface area (Å²) in [6.45, 7) is 5.36. The molecule has 0 bridgehead atoms. The van der Waals surface area contributed by atoms with Crippen molar-refractivity contribution in [2.24, 2.45) is 5.11 Å². The van der Waals surface area contributed by atoms with Gasteiger partial charge in [0, 0.05) is 11.5 Å². The Hall–Kier alpha value is -2.53. The van der Waals surface area contributed by atoms with Gasteiger partial charge in [-0.25, -0.2) is 9.18 Å². The van der Waals surface area contributed by atoms with Crippen LogP contribution in [0, 0.1) is 5.82 Å². The second-order valence-corrected chi connectivity index (χ2v) is 5.18. The molecule has 0 saturated heterocycles. The highest BCUT2D eigenvalue weighted by Gasteiger charge is 2.17. The van der Waals surface area contributed by atoms with Gasteiger partial charge in [-0.3, -0.25) is 5.32 Å². The van der Waals surface area contributed by atoms with Crippen LogP contribution in [0.15, 0.2) is 29.4 Å². The van der Waals surface area contributed by atoms with E-state index in [0.717, 1.165) is 0 Å². The molecule has 1 aromatic rings. The molecule has 0 aromatic heterocycles. The predicted octanol–water partition coefficient (Wildman–Crippen LogP) is 4.50. The first-order chi connectivity index (χ1) is 9.81. The van der Waals surface area contributed by atoms with E-state index in [2.05, 4.69) is 15.3 Å². The summed E-state index contributed by atoms with van der Waals surface area (Å²) in [7, 11) is 0. The van der Waals surface area contributed by atoms with Crippen LogP contribution in [0.5, 0.6) is 0 Å². The number of carbonyl (C=O) groups is 1. The number of carbonyl (C=O) groups excluding carboxylic acids is 1. The number of amides is 1. The van der Waals surface area contributed by atoms with Crippen LogP contribution in [-0.2, 0) is 4.74 Å². The molecule has 21 heavy (non-hydrogen) atoms. The fraction of sp³-hybridized carbons (Fsp3) is 0.357. The Morgan fingerprint density at radius 3 is 2.81 bits per heavy atom. The highest BCUT2D eigenvalue weighted by atomic mass is 19.1. The third-order valence-corrected chi connectivity index (χ3v) is 2.19. The molecular formula is C14H17FN4O2. The first-order valence-electron chi connectivity index (χ1n) is 6.29. The van der Waals surface area contributed by atoms with Crippen LogP contribution in [0.4, 0.5) is 14.9 Å². The summed E-state index contributed by atoms with van der Waals surface area (Å²) in [4.78, 5) is 14.1. The Labute approximate surface area is 122 Å². The van der Waals surface area contributed by atoms with Crippen LogP contribution in [-0.4, -0.2) is 18.2 Å². The fourth-order valence-corrected chi connectivity index (χ4v) is 1.42. The minimum absolute atomic E-state index is 0.0384. The van der Waals surface area contributed by atoms with Gasteiger partial charge in [0.05, 0.1) is 5.69 Å². The monoisotopic (exact) mass is 292 g/mol. The van der Waals surface area contributed by atoms with Gasteiger partial charge in [0.25, 0.3) is 0 Å². The Kier molecular flexibility index (Phi) is 5.75. The molecule has 1 N–H and O–H groups in total. The molecule has 0 aliphatic heterocycles. The van der Waals surface area contributed by atoms with Crippen LogP contribution >= 0.6 is 0 Å². The summed E-state index contributed by atoms with van der Waals surface area (Å²) >= 11 is 0. The molecule has 6 nitrogen and oxygen atoms in total. The maximum absolute atomic E-state index is 13.8. The van der Waals surface area contributed by atoms with Gasteiger partial charge in [-0.2, -0.15) is 0 Å². The summed E-state index contributed by atoms with van der Waals surface area (Å²) in [5, 5.41) is 5.67. The lowest BCUT2D eigenvalue weighted by Crippen LogP contribution is -2.27. The topological polar surface area (TPSA) is 87.1 Å². The van der Waals surface area contributed by atoms with Crippen molar-refractivity contribution in [1.29, 1.82) is 0 Å². The highest BCUT2D eigenvalue weighted by Crippen LogP contribution is 2.18. The van der Waals surface area contributed by atoms with E-state index in [4.69, 9.17) is 10.3 Å². The smallest absolute Gasteiger partial charge is 0.412 e. The van der Waals surface area contributed by atoms with Crippen LogP contribution in [0.3, 0.4) is 0 Å². The average molecular weight is 292 g/mol. The van der Waals surface area contributed by atoms with Crippen molar-refractivity contribution in [2.45, 2.75) is 26.4 Å². The SMILES string of the molecule is CC(C)(C)OC(=O)Nc1ccc(C=CCN=[N+]=[N-])cc1F. The summed E-state index contributed by atoms with van der Waals surface area (Å²) < 4.78 is 18.9. The van der Waals surface area contributed by atoms with Crippen molar-refractivity contribution >= 4 is 17.9 Å². The molecule has 1 aromatic carbocycles. The van der Waals surface area contributed by atoms with Crippen molar-refractivity contribution in [3.8, 4) is 0 Å². The molecule has 1 amide bonds. The molecule has 0 spiro atoms. The van der Waals surface area contributed by atoms with Crippen molar-refractivity contribution in [2.75, 3.05) is 11.9 Å². The fourth-order valence-electron chi connectivity index (χ4n) is 1.42. The summed E-state index contributed by atoms with van der Waals surface area (Å²) in [6.07, 6.45) is 2.51. The van der Waals surface area contributed by atoms with Crippen molar-refractivity contribution in [3.63, 3.8) is 0 Å². The molecule has 0 aliphatic rings. The second-order valence-electron chi connectivity index (χ2n) is 5.18. The van der Waals surface area contributed by atoms with Gasteiger partial charge < -0.3 is 4.74 Å². The average Bonchev–Trinajstić information content (AvgIpc) is 2.35. The van der Waals surface area contributed by atoms with Gasteiger partial charge in [-0.1, -0.05) is 23.3 Å². The summed E-state index contributed by atoms with van der Waals surface area (Å²) in [6, 6.07) is 4.33. The quantitative estimate of drug-likeness (QED) is 0.503. The van der Waals surface area contributed by atoms with Gasteiger partial charge in [-0.15, -0.1) is 0 Å². The van der Waals surface area contributed by atoms with Gasteiger partial charge in [0.15, 0.2) is 0 Å². The van der Waals surface area contributed by atoms with E-state index in [1.54, 1.807) is 39.0 Å². The standard InChI is InChI=1S/C14H17FN4O2/c1-14(2,3)21-13(20)18-12-7-6-10(9-11(12)15)5-4-8-17-19-16/h4-7,9H,8H2,1-3H3,(H,18,20). The number of azide groups is 1. The maximum Gasteiger partial charge on any atom is 0.412 e. The van der Waals surface area contributed by atoms with Gasteiger partial charge in [-0.05, 0) is 44.0 Å². The van der Waals surface area contributed by atoms with Gasteiger partial charge in [0.2, 0.25) is 0 Å². The predicted molar refractivity (Wildman–Crippen MR) is 79.3 cm³/mol. The molecule has 0 radical (unpaired) electrons. The number of halogens is 1. The number of ether oxygens (including phenoxy) is 1. The number of anilines is 1. The highest BCUT2D eigenvalue weighted by molar-refractivity contribution is 5.85. The largest absolute Gasteiger partial charge is 0.444 e. The van der Waals surface area contributed by atoms with E-state index < -0.39 is 17.5 Å². The Morgan fingerprint density at radius 1 is 1.52 bits per heavy atom. The van der Waals surface area contributed by atoms with Crippen molar-refractivity contribution in [1.82, 2.24) is 0 Å². The van der Waals surface area contributed by atoms with Crippen LogP contribution in [0.2, 0.25) is 0 Å². The Balaban J connectivity index is 2.72. The first-order valence-corrected chi connectivity index (χ1v) is 6.29. The summed E-state index contributed by atoms with van der Waals surface area (Å²) in [5.41, 5.74) is 8.10. The van der Waals surface area contributed by atoms with Crippen molar-refractivity contribution in [3.05, 3.63) is 46.1 Å². The van der Waals surface area contributed by atoms with Crippen LogP contribution in [0.1, 0.15) is 26.3 Å². The van der Waals surface area contributed by atoms with Gasteiger partial charge in [0.1, 0.15) is 11.4 Å². The molecule has 0 atom stereocenters. The number of benzene rings is 1. The van der Waals surface area contributed by atoms with Crippen molar-refractivity contribution < 1.29 is 13.9 Å². The molecule has 0 saturated carbocycles. The van der Waals surface area contributed by atoms with E-state index in [0.29, 0.717) is 5.56 Å². The number of nitrogens with zero attached hydrogens (tertiary/aromatic N) is 3. The van der Waals surface area contributed by atoms with E-state index in [1.807, 2.05) is 0 Å². The minimum atomic E-state index is -0.715. The third kappa shape index (κ3) is 6.44. The van der Waals surface area contributed by atoms with Crippen LogP contribution < -0.4 is 5.32 Å². The Morgan fingerprint density at radius 2 is 2.24 bits per heavy atom. The van der Waals surface area contributed by atoms with E-state index in [1.165, 1.54) is 12.1 Å². The number of hydrogen-bond donors (Lipinski definition) is 1. The normalized spacial score (nSPS) is 11.0. The molecule has 112 valence electrons. The number of rotatable bonds is 4. The minimum Gasteiger partial charge on any atom is -0.444 e. The van der Waals surface area contributed by atoms with E-state index >= 15 is 0 Å². The zero-order valence-electron chi connectivity index (χ0n) is 12.1. The lowest BCUT2D eigenvalue weighted by atomic mass is 10.2. The zero-order chi connectivity index (χ0) is 15.9. The molecule has 0 fully saturated rings. The first kappa shape index (κ1) is 16.5. The molecule has 7 heteroatoms. The molecule has 0 unspecified atom stereocenters. The zero-order valence-corrected chi connectivity index (χ0v) is 12.1. The Bertz CT molecular complexity index is 587. The maximum atomic E-state index is 13.8. The molecule has 0 aliphatic carbocycles. The lowest BCUT2D eigenvalue weighted by molar-refractivity contribution is 0.0635. The van der Waals surface area contributed by atoms with Crippen LogP contribution in [0.25, 0.3) is 16.5 Å². The molecule has 1 rings (SSSR count). The second kappa shape index (κ2) is 7.31. The summed E-state index contributed by atoms with van der Waals surface area (Å²) in [5.74, 6) is -0.577. The van der Waals surface area contributed by atoms with Gasteiger partial charge >= 0.3 is 6.09 Å². The third-order valence-electron chi connectivity index (χ3n) is 2.19. The number of nitrogens with one attached hydrogen (secondary N) is 1. The molecule has 0 heterocycles. The van der Waals surface area contributed by atoms with E-state index in [9.17, 15) is 9.18 Å². The molecular weight excluding hydrogens is 275 g/mol. The number of hydrogen-bond acceptors (Lipinski definition) is 3. The lowest BCUT2D eigenvalue weighted by Gasteiger charge is -2.19. The van der Waals surface area contributed by atoms with E-state index in [-0.39, 0.29) is 12.2 Å².